The van der Waals surface area contributed by atoms with Crippen LogP contribution >= 0.6 is 0 Å². The van der Waals surface area contributed by atoms with Crippen molar-refractivity contribution in [3.8, 4) is 23.5 Å². The minimum Gasteiger partial charge on any atom is -0.494 e. The monoisotopic (exact) mass is 459 g/mol. The van der Waals surface area contributed by atoms with E-state index in [1.165, 1.54) is 44.9 Å². The van der Waals surface area contributed by atoms with E-state index in [9.17, 15) is 4.39 Å². The summed E-state index contributed by atoms with van der Waals surface area (Å²) in [6, 6.07) is 5.21. The average molecular weight is 460 g/mol. The molecule has 0 radical (unpaired) electrons. The van der Waals surface area contributed by atoms with E-state index in [0.717, 1.165) is 38.6 Å². The Morgan fingerprint density at radius 2 is 1.85 bits per heavy atom. The highest BCUT2D eigenvalue weighted by Gasteiger charge is 2.26. The third-order valence-corrected chi connectivity index (χ3v) is 6.32. The molecule has 2 heterocycles. The predicted molar refractivity (Wildman–Crippen MR) is 124 cm³/mol. The van der Waals surface area contributed by atoms with Crippen molar-refractivity contribution in [2.45, 2.75) is 82.9 Å². The largest absolute Gasteiger partial charge is 0.494 e. The van der Waals surface area contributed by atoms with Crippen LogP contribution in [0, 0.1) is 5.82 Å². The first-order valence-electron chi connectivity index (χ1n) is 12.1. The van der Waals surface area contributed by atoms with E-state index >= 15 is 0 Å². The number of rotatable bonds is 9. The smallest absolute Gasteiger partial charge is 0.330 e. The van der Waals surface area contributed by atoms with Gasteiger partial charge in [0.1, 0.15) is 11.9 Å². The Kier molecular flexibility index (Phi) is 8.15. The van der Waals surface area contributed by atoms with Gasteiger partial charge in [-0.1, -0.05) is 32.6 Å². The fraction of sp³-hybridized carbons (Fsp3) is 0.625. The Hall–Kier alpha value is -2.68. The molecular formula is C24H34FN5O3. The lowest BCUT2D eigenvalue weighted by Crippen LogP contribution is -2.38. The van der Waals surface area contributed by atoms with E-state index in [2.05, 4.69) is 32.5 Å². The van der Waals surface area contributed by atoms with Crippen LogP contribution < -0.4 is 24.8 Å². The van der Waals surface area contributed by atoms with Gasteiger partial charge in [0.25, 0.3) is 0 Å². The molecule has 1 saturated carbocycles. The lowest BCUT2D eigenvalue weighted by atomic mass is 10.1. The Balaban J connectivity index is 1.56. The van der Waals surface area contributed by atoms with Crippen LogP contribution in [-0.4, -0.2) is 46.8 Å². The van der Waals surface area contributed by atoms with Crippen molar-refractivity contribution in [3.05, 3.63) is 24.0 Å². The maximum Gasteiger partial charge on any atom is 0.330 e. The maximum atomic E-state index is 14.1. The number of halogens is 1. The van der Waals surface area contributed by atoms with Crippen LogP contribution in [0.3, 0.4) is 0 Å². The van der Waals surface area contributed by atoms with Crippen LogP contribution in [0.1, 0.15) is 64.7 Å². The van der Waals surface area contributed by atoms with Crippen LogP contribution in [0.4, 0.5) is 10.3 Å². The zero-order valence-corrected chi connectivity index (χ0v) is 19.5. The van der Waals surface area contributed by atoms with Gasteiger partial charge in [-0.05, 0) is 50.8 Å². The maximum absolute atomic E-state index is 14.1. The molecule has 2 unspecified atom stereocenters. The van der Waals surface area contributed by atoms with E-state index in [4.69, 9.17) is 14.2 Å². The molecule has 2 aliphatic rings. The van der Waals surface area contributed by atoms with Crippen molar-refractivity contribution >= 4 is 5.95 Å². The molecule has 1 saturated heterocycles. The summed E-state index contributed by atoms with van der Waals surface area (Å²) < 4.78 is 31.1. The second kappa shape index (κ2) is 11.4. The molecule has 1 aliphatic heterocycles. The van der Waals surface area contributed by atoms with Gasteiger partial charge in [0, 0.05) is 18.2 Å². The summed E-state index contributed by atoms with van der Waals surface area (Å²) in [4.78, 5) is 13.4. The molecule has 9 heteroatoms. The van der Waals surface area contributed by atoms with Crippen LogP contribution in [0.2, 0.25) is 0 Å². The number of hydrogen-bond acceptors (Lipinski definition) is 8. The number of benzene rings is 1. The minimum atomic E-state index is -0.518. The summed E-state index contributed by atoms with van der Waals surface area (Å²) in [5.74, 6) is 0.323. The molecule has 0 bridgehead atoms. The number of aromatic nitrogens is 3. The Labute approximate surface area is 194 Å². The molecular weight excluding hydrogens is 425 g/mol. The molecule has 4 rings (SSSR count). The zero-order valence-electron chi connectivity index (χ0n) is 19.5. The topological polar surface area (TPSA) is 90.4 Å². The molecule has 1 aromatic carbocycles. The highest BCUT2D eigenvalue weighted by molar-refractivity contribution is 5.36. The summed E-state index contributed by atoms with van der Waals surface area (Å²) >= 11 is 0. The molecule has 33 heavy (non-hydrogen) atoms. The van der Waals surface area contributed by atoms with E-state index in [-0.39, 0.29) is 35.7 Å². The molecule has 2 fully saturated rings. The number of nitrogens with zero attached hydrogens (tertiary/aromatic N) is 3. The minimum absolute atomic E-state index is 0.0492. The molecule has 0 amide bonds. The van der Waals surface area contributed by atoms with E-state index in [1.807, 2.05) is 0 Å². The average Bonchev–Trinajstić information content (AvgIpc) is 3.22. The number of ether oxygens (including phenoxy) is 3. The summed E-state index contributed by atoms with van der Waals surface area (Å²) in [5.41, 5.74) is 0. The van der Waals surface area contributed by atoms with E-state index in [0.29, 0.717) is 12.0 Å². The van der Waals surface area contributed by atoms with Crippen LogP contribution in [0.15, 0.2) is 18.2 Å². The van der Waals surface area contributed by atoms with Gasteiger partial charge < -0.3 is 24.8 Å². The Morgan fingerprint density at radius 3 is 2.52 bits per heavy atom. The van der Waals surface area contributed by atoms with Crippen molar-refractivity contribution in [3.63, 3.8) is 0 Å². The van der Waals surface area contributed by atoms with Crippen molar-refractivity contribution in [2.75, 3.05) is 19.0 Å². The quantitative estimate of drug-likeness (QED) is 0.514. The summed E-state index contributed by atoms with van der Waals surface area (Å²) in [6.45, 7) is 3.09. The summed E-state index contributed by atoms with van der Waals surface area (Å²) in [5, 5.41) is 6.94. The molecule has 2 atom stereocenters. The number of hydrogen-bond donors (Lipinski definition) is 2. The third-order valence-electron chi connectivity index (χ3n) is 6.32. The standard InChI is InChI=1S/C24H34FN5O3/c1-3-20(19-11-8-14-26-19)33-24-29-22(27-16-9-6-4-5-7-10-16)28-23(30-24)32-17-12-13-21(31-2)18(25)15-17/h12-13,15-16,19-20,26H,3-11,14H2,1-2H3,(H,27,28,29,30). The Morgan fingerprint density at radius 1 is 1.06 bits per heavy atom. The molecule has 1 aliphatic carbocycles. The van der Waals surface area contributed by atoms with Gasteiger partial charge in [0.2, 0.25) is 5.95 Å². The lowest BCUT2D eigenvalue weighted by Gasteiger charge is -2.23. The van der Waals surface area contributed by atoms with Crippen LogP contribution in [-0.2, 0) is 0 Å². The first-order valence-corrected chi connectivity index (χ1v) is 12.1. The number of nitrogens with one attached hydrogen (secondary N) is 2. The summed E-state index contributed by atoms with van der Waals surface area (Å²) in [7, 11) is 1.42. The fourth-order valence-electron chi connectivity index (χ4n) is 4.54. The normalized spacial score (nSPS) is 20.2. The molecule has 2 aromatic rings. The van der Waals surface area contributed by atoms with Crippen molar-refractivity contribution in [1.29, 1.82) is 0 Å². The number of anilines is 1. The van der Waals surface area contributed by atoms with Gasteiger partial charge in [-0.15, -0.1) is 4.98 Å². The second-order valence-electron chi connectivity index (χ2n) is 8.72. The van der Waals surface area contributed by atoms with Crippen molar-refractivity contribution in [1.82, 2.24) is 20.3 Å². The second-order valence-corrected chi connectivity index (χ2v) is 8.72. The van der Waals surface area contributed by atoms with Crippen molar-refractivity contribution < 1.29 is 18.6 Å². The van der Waals surface area contributed by atoms with E-state index < -0.39 is 5.82 Å². The van der Waals surface area contributed by atoms with Gasteiger partial charge in [-0.25, -0.2) is 4.39 Å². The SMILES string of the molecule is CCC(Oc1nc(NC2CCCCCC2)nc(Oc2ccc(OC)c(F)c2)n1)C1CCCN1. The number of methoxy groups -OCH3 is 1. The molecule has 8 nitrogen and oxygen atoms in total. The molecule has 180 valence electrons. The fourth-order valence-corrected chi connectivity index (χ4v) is 4.54. The van der Waals surface area contributed by atoms with Crippen molar-refractivity contribution in [2.24, 2.45) is 0 Å². The zero-order chi connectivity index (χ0) is 23.0. The highest BCUT2D eigenvalue weighted by atomic mass is 19.1. The van der Waals surface area contributed by atoms with Gasteiger partial charge in [0.05, 0.1) is 7.11 Å². The van der Waals surface area contributed by atoms with Crippen LogP contribution in [0.5, 0.6) is 23.5 Å². The molecule has 0 spiro atoms. The van der Waals surface area contributed by atoms with E-state index in [1.54, 1.807) is 6.07 Å². The highest BCUT2D eigenvalue weighted by Crippen LogP contribution is 2.28. The van der Waals surface area contributed by atoms with Gasteiger partial charge in [-0.3, -0.25) is 0 Å². The third kappa shape index (κ3) is 6.43. The molecule has 1 aromatic heterocycles. The van der Waals surface area contributed by atoms with Gasteiger partial charge >= 0.3 is 12.0 Å². The lowest BCUT2D eigenvalue weighted by molar-refractivity contribution is 0.142. The summed E-state index contributed by atoms with van der Waals surface area (Å²) in [6.07, 6.45) is 10.0. The van der Waals surface area contributed by atoms with Gasteiger partial charge in [-0.2, -0.15) is 9.97 Å². The van der Waals surface area contributed by atoms with Gasteiger partial charge in [0.15, 0.2) is 11.6 Å². The molecule has 2 N–H and O–H groups in total. The predicted octanol–water partition coefficient (Wildman–Crippen LogP) is 4.86. The Bertz CT molecular complexity index is 902. The first-order chi connectivity index (χ1) is 16.1. The van der Waals surface area contributed by atoms with Crippen LogP contribution in [0.25, 0.3) is 0 Å². The first kappa shape index (κ1) is 23.5.